The summed E-state index contributed by atoms with van der Waals surface area (Å²) in [6, 6.07) is 3.86. The lowest BCUT2D eigenvalue weighted by molar-refractivity contribution is 0.424. The van der Waals surface area contributed by atoms with Crippen LogP contribution in [0.25, 0.3) is 0 Å². The van der Waals surface area contributed by atoms with Gasteiger partial charge in [0.15, 0.2) is 0 Å². The highest BCUT2D eigenvalue weighted by Gasteiger charge is 2.30. The zero-order valence-electron chi connectivity index (χ0n) is 9.97. The average Bonchev–Trinajstić information content (AvgIpc) is 2.32. The van der Waals surface area contributed by atoms with E-state index in [2.05, 4.69) is 0 Å². The van der Waals surface area contributed by atoms with Gasteiger partial charge in [-0.25, -0.2) is 12.8 Å². The van der Waals surface area contributed by atoms with Gasteiger partial charge in [0, 0.05) is 24.1 Å². The minimum atomic E-state index is -3.69. The fourth-order valence-corrected chi connectivity index (χ4v) is 4.77. The molecule has 1 heterocycles. The molecule has 1 unspecified atom stereocenters. The standard InChI is InChI=1S/C11H15FN2O2S2/c1-8-7-14(5-6-17-8)18(15,16)10-4-2-3-9(12)11(10)13/h2-4,8H,5-7,13H2,1H3. The molecule has 0 spiro atoms. The van der Waals surface area contributed by atoms with Gasteiger partial charge in [0.25, 0.3) is 0 Å². The fourth-order valence-electron chi connectivity index (χ4n) is 1.89. The van der Waals surface area contributed by atoms with Crippen molar-refractivity contribution in [3.8, 4) is 0 Å². The first-order valence-corrected chi connectivity index (χ1v) is 8.07. The Morgan fingerprint density at radius 2 is 2.22 bits per heavy atom. The van der Waals surface area contributed by atoms with Crippen molar-refractivity contribution in [1.82, 2.24) is 4.31 Å². The zero-order chi connectivity index (χ0) is 13.3. The summed E-state index contributed by atoms with van der Waals surface area (Å²) in [5.41, 5.74) is 5.22. The zero-order valence-corrected chi connectivity index (χ0v) is 11.6. The van der Waals surface area contributed by atoms with Gasteiger partial charge in [-0.2, -0.15) is 16.1 Å². The lowest BCUT2D eigenvalue weighted by Gasteiger charge is -2.30. The molecule has 0 amide bonds. The lowest BCUT2D eigenvalue weighted by Crippen LogP contribution is -2.41. The number of benzene rings is 1. The van der Waals surface area contributed by atoms with Crippen LogP contribution in [0, 0.1) is 5.82 Å². The average molecular weight is 290 g/mol. The van der Waals surface area contributed by atoms with Crippen molar-refractivity contribution in [1.29, 1.82) is 0 Å². The number of nitrogen functional groups attached to an aromatic ring is 1. The van der Waals surface area contributed by atoms with Gasteiger partial charge in [-0.05, 0) is 12.1 Å². The molecule has 1 aromatic carbocycles. The van der Waals surface area contributed by atoms with Crippen LogP contribution in [0.1, 0.15) is 6.92 Å². The normalized spacial score (nSPS) is 22.0. The van der Waals surface area contributed by atoms with E-state index in [-0.39, 0.29) is 15.8 Å². The molecule has 0 radical (unpaired) electrons. The SMILES string of the molecule is CC1CN(S(=O)(=O)c2cccc(F)c2N)CCS1. The number of thioether (sulfide) groups is 1. The first-order valence-electron chi connectivity index (χ1n) is 5.58. The summed E-state index contributed by atoms with van der Waals surface area (Å²) < 4.78 is 39.5. The molecule has 0 aromatic heterocycles. The van der Waals surface area contributed by atoms with E-state index in [1.807, 2.05) is 6.92 Å². The van der Waals surface area contributed by atoms with Crippen molar-refractivity contribution in [2.45, 2.75) is 17.1 Å². The molecule has 1 aliphatic rings. The summed E-state index contributed by atoms with van der Waals surface area (Å²) in [6.07, 6.45) is 0. The first kappa shape index (κ1) is 13.6. The third kappa shape index (κ3) is 2.48. The number of halogens is 1. The highest BCUT2D eigenvalue weighted by Crippen LogP contribution is 2.28. The lowest BCUT2D eigenvalue weighted by atomic mass is 10.3. The van der Waals surface area contributed by atoms with Gasteiger partial charge < -0.3 is 5.73 Å². The minimum Gasteiger partial charge on any atom is -0.395 e. The van der Waals surface area contributed by atoms with Gasteiger partial charge in [0.2, 0.25) is 10.0 Å². The second-order valence-corrected chi connectivity index (χ2v) is 7.65. The van der Waals surface area contributed by atoms with Crippen molar-refractivity contribution in [2.75, 3.05) is 24.6 Å². The summed E-state index contributed by atoms with van der Waals surface area (Å²) in [7, 11) is -3.69. The molecule has 2 rings (SSSR count). The Labute approximate surface area is 110 Å². The van der Waals surface area contributed by atoms with Gasteiger partial charge in [0.05, 0.1) is 5.69 Å². The minimum absolute atomic E-state index is 0.137. The van der Waals surface area contributed by atoms with Crippen LogP contribution in [0.3, 0.4) is 0 Å². The number of nitrogens with two attached hydrogens (primary N) is 1. The van der Waals surface area contributed by atoms with Crippen LogP contribution in [0.15, 0.2) is 23.1 Å². The highest BCUT2D eigenvalue weighted by molar-refractivity contribution is 8.00. The Balaban J connectivity index is 2.39. The number of hydrogen-bond acceptors (Lipinski definition) is 4. The van der Waals surface area contributed by atoms with E-state index in [0.717, 1.165) is 11.8 Å². The Kier molecular flexibility index (Phi) is 3.84. The van der Waals surface area contributed by atoms with Crippen LogP contribution < -0.4 is 5.73 Å². The summed E-state index contributed by atoms with van der Waals surface area (Å²) in [5, 5.41) is 0.239. The van der Waals surface area contributed by atoms with E-state index >= 15 is 0 Å². The molecule has 0 aliphatic carbocycles. The number of sulfonamides is 1. The van der Waals surface area contributed by atoms with Crippen LogP contribution >= 0.6 is 11.8 Å². The topological polar surface area (TPSA) is 63.4 Å². The van der Waals surface area contributed by atoms with Crippen LogP contribution in [0.5, 0.6) is 0 Å². The molecule has 7 heteroatoms. The second kappa shape index (κ2) is 5.07. The third-order valence-electron chi connectivity index (χ3n) is 2.83. The Morgan fingerprint density at radius 1 is 1.50 bits per heavy atom. The molecule has 1 aromatic rings. The van der Waals surface area contributed by atoms with Crippen LogP contribution in [0.2, 0.25) is 0 Å². The molecule has 100 valence electrons. The van der Waals surface area contributed by atoms with Crippen LogP contribution in [-0.4, -0.2) is 36.8 Å². The van der Waals surface area contributed by atoms with Crippen molar-refractivity contribution in [3.63, 3.8) is 0 Å². The van der Waals surface area contributed by atoms with E-state index in [4.69, 9.17) is 5.73 Å². The van der Waals surface area contributed by atoms with E-state index in [1.54, 1.807) is 11.8 Å². The number of rotatable bonds is 2. The van der Waals surface area contributed by atoms with E-state index in [0.29, 0.717) is 13.1 Å². The number of anilines is 1. The molecule has 4 nitrogen and oxygen atoms in total. The van der Waals surface area contributed by atoms with Gasteiger partial charge in [-0.15, -0.1) is 0 Å². The number of para-hydroxylation sites is 1. The predicted molar refractivity (Wildman–Crippen MR) is 71.5 cm³/mol. The molecular weight excluding hydrogens is 275 g/mol. The molecule has 1 fully saturated rings. The molecule has 1 saturated heterocycles. The summed E-state index contributed by atoms with van der Waals surface area (Å²) in [5.74, 6) is 0.0470. The number of nitrogens with zero attached hydrogens (tertiary/aromatic N) is 1. The predicted octanol–water partition coefficient (Wildman–Crippen LogP) is 1.53. The van der Waals surface area contributed by atoms with Gasteiger partial charge in [-0.1, -0.05) is 13.0 Å². The van der Waals surface area contributed by atoms with E-state index in [1.165, 1.54) is 16.4 Å². The Morgan fingerprint density at radius 3 is 2.89 bits per heavy atom. The molecule has 0 saturated carbocycles. The molecule has 1 atom stereocenters. The summed E-state index contributed by atoms with van der Waals surface area (Å²) >= 11 is 1.73. The fraction of sp³-hybridized carbons (Fsp3) is 0.455. The van der Waals surface area contributed by atoms with Crippen molar-refractivity contribution in [3.05, 3.63) is 24.0 Å². The molecule has 0 bridgehead atoms. The molecule has 2 N–H and O–H groups in total. The van der Waals surface area contributed by atoms with Crippen LogP contribution in [-0.2, 0) is 10.0 Å². The van der Waals surface area contributed by atoms with E-state index in [9.17, 15) is 12.8 Å². The molecule has 1 aliphatic heterocycles. The van der Waals surface area contributed by atoms with Gasteiger partial charge >= 0.3 is 0 Å². The second-order valence-electron chi connectivity index (χ2n) is 4.20. The highest BCUT2D eigenvalue weighted by atomic mass is 32.2. The van der Waals surface area contributed by atoms with E-state index < -0.39 is 15.8 Å². The van der Waals surface area contributed by atoms with Crippen molar-refractivity contribution < 1.29 is 12.8 Å². The number of hydrogen-bond donors (Lipinski definition) is 1. The third-order valence-corrected chi connectivity index (χ3v) is 5.89. The molecular formula is C11H15FN2O2S2. The Hall–Kier alpha value is -0.790. The quantitative estimate of drug-likeness (QED) is 0.839. The maximum atomic E-state index is 13.3. The first-order chi connectivity index (χ1) is 8.43. The summed E-state index contributed by atoms with van der Waals surface area (Å²) in [6.45, 7) is 2.84. The molecule has 18 heavy (non-hydrogen) atoms. The summed E-state index contributed by atoms with van der Waals surface area (Å²) in [4.78, 5) is -0.137. The van der Waals surface area contributed by atoms with Gasteiger partial charge in [0.1, 0.15) is 10.7 Å². The maximum Gasteiger partial charge on any atom is 0.245 e. The van der Waals surface area contributed by atoms with Crippen LogP contribution in [0.4, 0.5) is 10.1 Å². The monoisotopic (exact) mass is 290 g/mol. The van der Waals surface area contributed by atoms with Crippen molar-refractivity contribution in [2.24, 2.45) is 0 Å². The van der Waals surface area contributed by atoms with Gasteiger partial charge in [-0.3, -0.25) is 0 Å². The smallest absolute Gasteiger partial charge is 0.245 e. The van der Waals surface area contributed by atoms with Crippen molar-refractivity contribution >= 4 is 27.5 Å². The maximum absolute atomic E-state index is 13.3. The largest absolute Gasteiger partial charge is 0.395 e. The Bertz CT molecular complexity index is 548.